The van der Waals surface area contributed by atoms with E-state index in [0.717, 1.165) is 5.56 Å². The van der Waals surface area contributed by atoms with Crippen LogP contribution in [0, 0.1) is 18.3 Å². The number of nitriles is 1. The number of carbonyl (C=O) groups excluding carboxylic acids is 1. The predicted octanol–water partition coefficient (Wildman–Crippen LogP) is 6.12. The Balaban J connectivity index is 1.85. The summed E-state index contributed by atoms with van der Waals surface area (Å²) in [7, 11) is 4.61. The van der Waals surface area contributed by atoms with Crippen LogP contribution in [-0.2, 0) is 4.79 Å². The summed E-state index contributed by atoms with van der Waals surface area (Å²) < 4.78 is 21.7. The highest BCUT2D eigenvalue weighted by molar-refractivity contribution is 8.00. The summed E-state index contributed by atoms with van der Waals surface area (Å²) in [5.74, 6) is 2.01. The van der Waals surface area contributed by atoms with Crippen molar-refractivity contribution in [2.24, 2.45) is 0 Å². The number of aromatic nitrogens is 2. The van der Waals surface area contributed by atoms with Crippen molar-refractivity contribution in [3.63, 3.8) is 0 Å². The van der Waals surface area contributed by atoms with Crippen molar-refractivity contribution < 1.29 is 23.5 Å². The molecule has 0 bridgehead atoms. The number of nitrogens with zero attached hydrogens (tertiary/aromatic N) is 3. The molecule has 0 aliphatic heterocycles. The fourth-order valence-electron chi connectivity index (χ4n) is 4.03. The van der Waals surface area contributed by atoms with E-state index in [1.165, 1.54) is 33.1 Å². The third kappa shape index (κ3) is 5.99. The maximum atomic E-state index is 13.1. The minimum absolute atomic E-state index is 0.263. The van der Waals surface area contributed by atoms with Crippen LogP contribution in [0.5, 0.6) is 17.2 Å². The zero-order valence-corrected chi connectivity index (χ0v) is 23.1. The summed E-state index contributed by atoms with van der Waals surface area (Å²) in [6, 6.07) is 19.0. The lowest BCUT2D eigenvalue weighted by atomic mass is 9.98. The molecule has 0 spiro atoms. The minimum atomic E-state index is -0.541. The van der Waals surface area contributed by atoms with Crippen molar-refractivity contribution in [3.05, 3.63) is 65.9 Å². The Kier molecular flexibility index (Phi) is 8.74. The monoisotopic (exact) mass is 544 g/mol. The van der Waals surface area contributed by atoms with E-state index in [0.29, 0.717) is 62.7 Å². The Morgan fingerprint density at radius 2 is 1.74 bits per heavy atom. The second kappa shape index (κ2) is 12.4. The van der Waals surface area contributed by atoms with Crippen molar-refractivity contribution in [2.45, 2.75) is 30.5 Å². The number of pyridine rings is 1. The average molecular weight is 545 g/mol. The van der Waals surface area contributed by atoms with Crippen molar-refractivity contribution in [1.29, 1.82) is 5.26 Å². The number of thioether (sulfide) groups is 1. The Bertz CT molecular complexity index is 1490. The lowest BCUT2D eigenvalue weighted by Crippen LogP contribution is -2.25. The van der Waals surface area contributed by atoms with Gasteiger partial charge in [-0.15, -0.1) is 0 Å². The molecule has 0 fully saturated rings. The van der Waals surface area contributed by atoms with Crippen molar-refractivity contribution in [1.82, 2.24) is 10.1 Å². The molecule has 4 aromatic rings. The van der Waals surface area contributed by atoms with E-state index < -0.39 is 5.25 Å². The van der Waals surface area contributed by atoms with E-state index >= 15 is 0 Å². The van der Waals surface area contributed by atoms with Crippen LogP contribution in [0.3, 0.4) is 0 Å². The van der Waals surface area contributed by atoms with E-state index in [-0.39, 0.29) is 5.91 Å². The average Bonchev–Trinajstić information content (AvgIpc) is 3.38. The summed E-state index contributed by atoms with van der Waals surface area (Å²) in [6.07, 6.45) is 0.495. The first kappa shape index (κ1) is 27.5. The molecule has 39 heavy (non-hydrogen) atoms. The standard InChI is InChI=1S/C29H28N4O5S/c1-6-25(28(34)32-26-12-17(2)38-33-26)39-29-21(16-30)20(15-22(31-29)18-10-8-7-9-11-18)19-13-23(35-3)27(37-5)24(14-19)36-4/h7-15,25H,6H2,1-5H3,(H,32,33,34). The molecule has 2 aromatic heterocycles. The number of methoxy groups -OCH3 is 3. The largest absolute Gasteiger partial charge is 0.493 e. The van der Waals surface area contributed by atoms with Crippen LogP contribution in [0.2, 0.25) is 0 Å². The van der Waals surface area contributed by atoms with Crippen molar-refractivity contribution >= 4 is 23.5 Å². The smallest absolute Gasteiger partial charge is 0.239 e. The normalized spacial score (nSPS) is 11.4. The zero-order valence-electron chi connectivity index (χ0n) is 22.3. The topological polar surface area (TPSA) is 120 Å². The molecule has 10 heteroatoms. The number of hydrogen-bond donors (Lipinski definition) is 1. The van der Waals surface area contributed by atoms with Crippen LogP contribution < -0.4 is 19.5 Å². The van der Waals surface area contributed by atoms with E-state index in [1.54, 1.807) is 25.1 Å². The highest BCUT2D eigenvalue weighted by Gasteiger charge is 2.25. The maximum Gasteiger partial charge on any atom is 0.239 e. The number of rotatable bonds is 10. The molecule has 0 radical (unpaired) electrons. The summed E-state index contributed by atoms with van der Waals surface area (Å²) in [5.41, 5.74) is 3.15. The lowest BCUT2D eigenvalue weighted by Gasteiger charge is -2.18. The van der Waals surface area contributed by atoms with E-state index in [2.05, 4.69) is 16.5 Å². The number of carbonyl (C=O) groups is 1. The number of amides is 1. The first-order valence-electron chi connectivity index (χ1n) is 12.1. The van der Waals surface area contributed by atoms with Gasteiger partial charge < -0.3 is 24.1 Å². The van der Waals surface area contributed by atoms with Crippen LogP contribution in [0.4, 0.5) is 5.82 Å². The summed E-state index contributed by atoms with van der Waals surface area (Å²) in [4.78, 5) is 18.0. The highest BCUT2D eigenvalue weighted by atomic mass is 32.2. The molecule has 1 atom stereocenters. The maximum absolute atomic E-state index is 13.1. The van der Waals surface area contributed by atoms with Crippen LogP contribution in [-0.4, -0.2) is 42.6 Å². The Morgan fingerprint density at radius 3 is 2.28 bits per heavy atom. The number of ether oxygens (including phenoxy) is 3. The molecular formula is C29H28N4O5S. The second-order valence-corrected chi connectivity index (χ2v) is 9.65. The number of anilines is 1. The fraction of sp³-hybridized carbons (Fsp3) is 0.241. The van der Waals surface area contributed by atoms with Crippen LogP contribution in [0.1, 0.15) is 24.7 Å². The van der Waals surface area contributed by atoms with Gasteiger partial charge in [0.05, 0.1) is 37.8 Å². The first-order chi connectivity index (χ1) is 18.9. The quantitative estimate of drug-likeness (QED) is 0.235. The molecule has 0 saturated heterocycles. The van der Waals surface area contributed by atoms with Gasteiger partial charge in [-0.3, -0.25) is 4.79 Å². The van der Waals surface area contributed by atoms with Gasteiger partial charge in [-0.25, -0.2) is 4.98 Å². The first-order valence-corrected chi connectivity index (χ1v) is 13.0. The van der Waals surface area contributed by atoms with Gasteiger partial charge in [-0.1, -0.05) is 54.2 Å². The summed E-state index contributed by atoms with van der Waals surface area (Å²) in [5, 5.41) is 16.8. The van der Waals surface area contributed by atoms with Gasteiger partial charge in [0.15, 0.2) is 17.3 Å². The van der Waals surface area contributed by atoms with Crippen LogP contribution in [0.25, 0.3) is 22.4 Å². The van der Waals surface area contributed by atoms with E-state index in [1.807, 2.05) is 43.3 Å². The van der Waals surface area contributed by atoms with Crippen LogP contribution in [0.15, 0.2) is 64.1 Å². The predicted molar refractivity (Wildman–Crippen MR) is 149 cm³/mol. The Labute approximate surface area is 231 Å². The van der Waals surface area contributed by atoms with Gasteiger partial charge in [0.1, 0.15) is 16.9 Å². The minimum Gasteiger partial charge on any atom is -0.493 e. The third-order valence-corrected chi connectivity index (χ3v) is 7.29. The molecule has 200 valence electrons. The molecule has 0 aliphatic rings. The van der Waals surface area contributed by atoms with Gasteiger partial charge >= 0.3 is 0 Å². The van der Waals surface area contributed by atoms with Gasteiger partial charge in [-0.05, 0) is 37.1 Å². The number of aryl methyl sites for hydroxylation is 1. The third-order valence-electron chi connectivity index (χ3n) is 5.94. The van der Waals surface area contributed by atoms with E-state index in [9.17, 15) is 10.1 Å². The molecule has 2 aromatic carbocycles. The molecule has 1 unspecified atom stereocenters. The van der Waals surface area contributed by atoms with E-state index in [4.69, 9.17) is 23.7 Å². The van der Waals surface area contributed by atoms with Crippen molar-refractivity contribution in [2.75, 3.05) is 26.6 Å². The SMILES string of the molecule is CCC(Sc1nc(-c2ccccc2)cc(-c2cc(OC)c(OC)c(OC)c2)c1C#N)C(=O)Nc1cc(C)on1. The number of nitrogens with one attached hydrogen (secondary N) is 1. The Hall–Kier alpha value is -4.49. The molecule has 2 heterocycles. The highest BCUT2D eigenvalue weighted by Crippen LogP contribution is 2.44. The van der Waals surface area contributed by atoms with Gasteiger partial charge in [0, 0.05) is 17.2 Å². The fourth-order valence-corrected chi connectivity index (χ4v) is 5.05. The lowest BCUT2D eigenvalue weighted by molar-refractivity contribution is -0.115. The molecule has 1 N–H and O–H groups in total. The van der Waals surface area contributed by atoms with Crippen molar-refractivity contribution in [3.8, 4) is 45.7 Å². The van der Waals surface area contributed by atoms with Gasteiger partial charge in [0.25, 0.3) is 0 Å². The summed E-state index contributed by atoms with van der Waals surface area (Å²) in [6.45, 7) is 3.65. The second-order valence-electron chi connectivity index (χ2n) is 8.45. The molecule has 1 amide bonds. The molecule has 0 saturated carbocycles. The summed E-state index contributed by atoms with van der Waals surface area (Å²) >= 11 is 1.23. The van der Waals surface area contributed by atoms with Gasteiger partial charge in [-0.2, -0.15) is 5.26 Å². The molecular weight excluding hydrogens is 516 g/mol. The molecule has 4 rings (SSSR count). The molecule has 0 aliphatic carbocycles. The Morgan fingerprint density at radius 1 is 1.05 bits per heavy atom. The van der Waals surface area contributed by atoms with Gasteiger partial charge in [0.2, 0.25) is 11.7 Å². The van der Waals surface area contributed by atoms with Crippen LogP contribution >= 0.6 is 11.8 Å². The number of benzene rings is 2. The zero-order chi connectivity index (χ0) is 27.9. The number of hydrogen-bond acceptors (Lipinski definition) is 9. The molecule has 9 nitrogen and oxygen atoms in total.